The van der Waals surface area contributed by atoms with Crippen LogP contribution >= 0.6 is 0 Å². The minimum atomic E-state index is -4.35. The predicted octanol–water partition coefficient (Wildman–Crippen LogP) is 5.92. The number of pyridine rings is 1. The highest BCUT2D eigenvalue weighted by atomic mass is 19.4. The van der Waals surface area contributed by atoms with Crippen molar-refractivity contribution < 1.29 is 23.1 Å². The summed E-state index contributed by atoms with van der Waals surface area (Å²) in [5.41, 5.74) is 3.38. The Labute approximate surface area is 189 Å². The first-order valence-corrected chi connectivity index (χ1v) is 10.7. The monoisotopic (exact) mass is 455 g/mol. The SMILES string of the molecule is C[C@H](Nc1nccc2c1N(Cc1ccc(C(F)(F)F)cc1)CCC2)c1ccc(C(=O)O)cc1. The van der Waals surface area contributed by atoms with E-state index in [0.29, 0.717) is 12.4 Å². The first kappa shape index (κ1) is 22.6. The van der Waals surface area contributed by atoms with Crippen molar-refractivity contribution in [3.8, 4) is 0 Å². The number of hydrogen-bond donors (Lipinski definition) is 2. The van der Waals surface area contributed by atoms with Crippen molar-refractivity contribution in [3.05, 3.63) is 88.6 Å². The molecule has 0 fully saturated rings. The third-order valence-corrected chi connectivity index (χ3v) is 5.86. The molecule has 2 heterocycles. The normalized spacial score (nSPS) is 14.5. The lowest BCUT2D eigenvalue weighted by Gasteiger charge is -2.33. The van der Waals surface area contributed by atoms with Gasteiger partial charge in [-0.2, -0.15) is 13.2 Å². The molecule has 0 radical (unpaired) electrons. The van der Waals surface area contributed by atoms with E-state index >= 15 is 0 Å². The van der Waals surface area contributed by atoms with Gasteiger partial charge in [-0.1, -0.05) is 24.3 Å². The van der Waals surface area contributed by atoms with Crippen LogP contribution in [-0.2, 0) is 19.1 Å². The van der Waals surface area contributed by atoms with E-state index in [2.05, 4.69) is 15.2 Å². The molecule has 2 N–H and O–H groups in total. The third-order valence-electron chi connectivity index (χ3n) is 5.86. The molecule has 2 aromatic carbocycles. The van der Waals surface area contributed by atoms with Crippen LogP contribution < -0.4 is 10.2 Å². The molecule has 0 saturated heterocycles. The zero-order chi connectivity index (χ0) is 23.6. The Morgan fingerprint density at radius 2 is 1.82 bits per heavy atom. The van der Waals surface area contributed by atoms with Gasteiger partial charge in [0, 0.05) is 19.3 Å². The van der Waals surface area contributed by atoms with Gasteiger partial charge in [0.05, 0.1) is 22.9 Å². The van der Waals surface area contributed by atoms with E-state index in [-0.39, 0.29) is 11.6 Å². The number of nitrogens with zero attached hydrogens (tertiary/aromatic N) is 2. The highest BCUT2D eigenvalue weighted by molar-refractivity contribution is 5.87. The maximum absolute atomic E-state index is 12.9. The van der Waals surface area contributed by atoms with Gasteiger partial charge in [0.25, 0.3) is 0 Å². The van der Waals surface area contributed by atoms with Gasteiger partial charge in [-0.05, 0) is 66.8 Å². The van der Waals surface area contributed by atoms with Gasteiger partial charge in [-0.15, -0.1) is 0 Å². The quantitative estimate of drug-likeness (QED) is 0.483. The van der Waals surface area contributed by atoms with Crippen LogP contribution in [0.25, 0.3) is 0 Å². The summed E-state index contributed by atoms with van der Waals surface area (Å²) in [7, 11) is 0. The zero-order valence-corrected chi connectivity index (χ0v) is 18.1. The fraction of sp³-hybridized carbons (Fsp3) is 0.280. The highest BCUT2D eigenvalue weighted by Gasteiger charge is 2.30. The Balaban J connectivity index is 1.56. The second-order valence-corrected chi connectivity index (χ2v) is 8.18. The van der Waals surface area contributed by atoms with Gasteiger partial charge in [-0.3, -0.25) is 0 Å². The number of anilines is 2. The van der Waals surface area contributed by atoms with Crippen LogP contribution in [0.1, 0.15) is 52.0 Å². The molecule has 0 amide bonds. The fourth-order valence-corrected chi connectivity index (χ4v) is 4.11. The van der Waals surface area contributed by atoms with E-state index < -0.39 is 17.7 Å². The molecule has 8 heteroatoms. The zero-order valence-electron chi connectivity index (χ0n) is 18.1. The van der Waals surface area contributed by atoms with Crippen LogP contribution in [0.4, 0.5) is 24.7 Å². The predicted molar refractivity (Wildman–Crippen MR) is 120 cm³/mol. The smallest absolute Gasteiger partial charge is 0.416 e. The van der Waals surface area contributed by atoms with Gasteiger partial charge in [-0.25, -0.2) is 9.78 Å². The minimum Gasteiger partial charge on any atom is -0.478 e. The molecule has 5 nitrogen and oxygen atoms in total. The van der Waals surface area contributed by atoms with Crippen molar-refractivity contribution in [3.63, 3.8) is 0 Å². The van der Waals surface area contributed by atoms with E-state index in [9.17, 15) is 18.0 Å². The molecule has 4 rings (SSSR count). The molecule has 0 unspecified atom stereocenters. The molecule has 33 heavy (non-hydrogen) atoms. The van der Waals surface area contributed by atoms with Crippen LogP contribution in [-0.4, -0.2) is 22.6 Å². The standard InChI is InChI=1S/C25H24F3N3O2/c1-16(18-6-8-20(9-7-18)24(32)33)30-23-22-19(12-13-29-23)3-2-14-31(22)15-17-4-10-21(11-5-17)25(26,27)28/h4-13,16H,2-3,14-15H2,1H3,(H,29,30)(H,32,33)/t16-/m0/s1. The average Bonchev–Trinajstić information content (AvgIpc) is 2.79. The van der Waals surface area contributed by atoms with Crippen molar-refractivity contribution in [1.29, 1.82) is 0 Å². The highest BCUT2D eigenvalue weighted by Crippen LogP contribution is 2.36. The van der Waals surface area contributed by atoms with Crippen molar-refractivity contribution in [2.75, 3.05) is 16.8 Å². The lowest BCUT2D eigenvalue weighted by molar-refractivity contribution is -0.137. The number of aromatic carboxylic acids is 1. The third kappa shape index (κ3) is 5.10. The largest absolute Gasteiger partial charge is 0.478 e. The number of aromatic nitrogens is 1. The van der Waals surface area contributed by atoms with Crippen LogP contribution in [0.2, 0.25) is 0 Å². The van der Waals surface area contributed by atoms with Crippen molar-refractivity contribution in [2.24, 2.45) is 0 Å². The second kappa shape index (κ2) is 9.13. The number of fused-ring (bicyclic) bond motifs is 1. The average molecular weight is 455 g/mol. The molecule has 0 spiro atoms. The van der Waals surface area contributed by atoms with Gasteiger partial charge in [0.15, 0.2) is 0 Å². The summed E-state index contributed by atoms with van der Waals surface area (Å²) in [5, 5.41) is 12.5. The first-order valence-electron chi connectivity index (χ1n) is 10.7. The Bertz CT molecular complexity index is 1130. The summed E-state index contributed by atoms with van der Waals surface area (Å²) in [5.74, 6) is -0.270. The van der Waals surface area contributed by atoms with Gasteiger partial charge in [0.1, 0.15) is 5.82 Å². The number of hydrogen-bond acceptors (Lipinski definition) is 4. The number of aryl methyl sites for hydroxylation is 1. The fourth-order valence-electron chi connectivity index (χ4n) is 4.11. The lowest BCUT2D eigenvalue weighted by Crippen LogP contribution is -2.30. The van der Waals surface area contributed by atoms with Crippen LogP contribution in [0.5, 0.6) is 0 Å². The summed E-state index contributed by atoms with van der Waals surface area (Å²) in [6.45, 7) is 3.23. The Kier molecular flexibility index (Phi) is 6.26. The van der Waals surface area contributed by atoms with Gasteiger partial charge in [0.2, 0.25) is 0 Å². The molecular weight excluding hydrogens is 431 g/mol. The van der Waals surface area contributed by atoms with Gasteiger partial charge >= 0.3 is 12.1 Å². The van der Waals surface area contributed by atoms with E-state index in [4.69, 9.17) is 5.11 Å². The van der Waals surface area contributed by atoms with Crippen molar-refractivity contribution >= 4 is 17.5 Å². The van der Waals surface area contributed by atoms with Crippen LogP contribution in [0.15, 0.2) is 60.8 Å². The second-order valence-electron chi connectivity index (χ2n) is 8.18. The summed E-state index contributed by atoms with van der Waals surface area (Å²) in [6, 6.07) is 13.8. The van der Waals surface area contributed by atoms with E-state index in [0.717, 1.165) is 53.9 Å². The number of nitrogens with one attached hydrogen (secondary N) is 1. The van der Waals surface area contributed by atoms with Crippen LogP contribution in [0, 0.1) is 0 Å². The molecule has 1 aliphatic heterocycles. The lowest BCUT2D eigenvalue weighted by atomic mass is 10.0. The van der Waals surface area contributed by atoms with E-state index in [1.54, 1.807) is 30.5 Å². The number of benzene rings is 2. The van der Waals surface area contributed by atoms with Crippen molar-refractivity contribution in [2.45, 2.75) is 38.5 Å². The molecule has 1 aliphatic rings. The van der Waals surface area contributed by atoms with Crippen molar-refractivity contribution in [1.82, 2.24) is 4.98 Å². The molecule has 0 aliphatic carbocycles. The molecule has 3 aromatic rings. The molecule has 0 bridgehead atoms. The summed E-state index contributed by atoms with van der Waals surface area (Å²) >= 11 is 0. The number of alkyl halides is 3. The number of halogens is 3. The maximum atomic E-state index is 12.9. The van der Waals surface area contributed by atoms with E-state index in [1.807, 2.05) is 13.0 Å². The Morgan fingerprint density at radius 1 is 1.12 bits per heavy atom. The molecule has 0 saturated carbocycles. The number of rotatable bonds is 6. The first-order chi connectivity index (χ1) is 15.7. The van der Waals surface area contributed by atoms with Crippen LogP contribution in [0.3, 0.4) is 0 Å². The van der Waals surface area contributed by atoms with Gasteiger partial charge < -0.3 is 15.3 Å². The number of carboxylic acids is 1. The summed E-state index contributed by atoms with van der Waals surface area (Å²) < 4.78 is 38.7. The topological polar surface area (TPSA) is 65.5 Å². The summed E-state index contributed by atoms with van der Waals surface area (Å²) in [6.07, 6.45) is -0.750. The Hall–Kier alpha value is -3.55. The Morgan fingerprint density at radius 3 is 2.45 bits per heavy atom. The molecular formula is C25H24F3N3O2. The number of carboxylic acid groups (broad SMARTS) is 1. The summed E-state index contributed by atoms with van der Waals surface area (Å²) in [4.78, 5) is 17.8. The molecule has 1 atom stereocenters. The number of carbonyl (C=O) groups is 1. The molecule has 1 aromatic heterocycles. The molecule has 172 valence electrons. The maximum Gasteiger partial charge on any atom is 0.416 e. The van der Waals surface area contributed by atoms with E-state index in [1.165, 1.54) is 12.1 Å². The minimum absolute atomic E-state index is 0.123.